The number of unbranched alkanes of at least 4 members (excludes halogenated alkanes) is 1. The van der Waals surface area contributed by atoms with Crippen LogP contribution in [0.2, 0.25) is 0 Å². The molecular weight excluding hydrogens is 1300 g/mol. The predicted molar refractivity (Wildman–Crippen MR) is 425 cm³/mol. The lowest BCUT2D eigenvalue weighted by Crippen LogP contribution is -2.51. The van der Waals surface area contributed by atoms with Gasteiger partial charge >= 0.3 is 12.2 Å². The Morgan fingerprint density at radius 3 is 1.18 bits per heavy atom. The van der Waals surface area contributed by atoms with E-state index in [9.17, 15) is 19.2 Å². The summed E-state index contributed by atoms with van der Waals surface area (Å²) in [4.78, 5) is 66.1. The number of alkyl carbamates (subject to hydrolysis) is 2. The first-order chi connectivity index (χ1) is 49.6. The number of carbonyl (C=O) groups excluding carboxylic acids is 4. The van der Waals surface area contributed by atoms with Gasteiger partial charge in [-0.25, -0.2) is 9.59 Å². The van der Waals surface area contributed by atoms with Gasteiger partial charge in [0.05, 0.1) is 12.1 Å². The van der Waals surface area contributed by atoms with Crippen LogP contribution in [0.4, 0.5) is 9.59 Å². The molecular formula is C84H152N14O6. The van der Waals surface area contributed by atoms with Crippen LogP contribution in [-0.2, 0) is 19.1 Å². The molecule has 594 valence electrons. The Hall–Kier alpha value is -4.66. The zero-order valence-corrected chi connectivity index (χ0v) is 67.2. The van der Waals surface area contributed by atoms with Crippen molar-refractivity contribution in [3.05, 3.63) is 23.3 Å². The van der Waals surface area contributed by atoms with Crippen LogP contribution >= 0.6 is 0 Å². The number of hydrogen-bond donors (Lipinski definition) is 10. The summed E-state index contributed by atoms with van der Waals surface area (Å²) in [6, 6.07) is -1.29. The molecule has 6 fully saturated rings. The lowest BCUT2D eigenvalue weighted by Gasteiger charge is -2.58. The molecule has 0 aromatic heterocycles. The highest BCUT2D eigenvalue weighted by Gasteiger charge is 2.61. The Morgan fingerprint density at radius 1 is 0.452 bits per heavy atom. The Labute approximate surface area is 630 Å². The largest absolute Gasteiger partial charge is 0.446 e. The van der Waals surface area contributed by atoms with Gasteiger partial charge in [0.25, 0.3) is 0 Å². The van der Waals surface area contributed by atoms with Crippen LogP contribution in [0.5, 0.6) is 0 Å². The van der Waals surface area contributed by atoms with Crippen molar-refractivity contribution in [2.24, 2.45) is 137 Å². The van der Waals surface area contributed by atoms with E-state index in [1.165, 1.54) is 114 Å². The standard InChI is InChI=1S/C84H152N14O6/c1-57(2)21-13-23-59(5)67-31-33-69-65-29-27-61-55-63(35-39-81(61,7)71(65)37-41-83(67,69)9)103-79(101)95-47-19-53-97(51-17-45-91-75(99)73(85)25-15-43-93-77(87)88)49-11-12-50-98(52-18-46-92-76(100)74(86)26-16-44-94-78(89)90)54-20-48-96-80(102)104-64-36-40-82(8)62(56-64)28-30-66-70-34-32-68(60(6)24-14-22-58(3)4)84(70,10)42-38-72(66)82/h27-28,57-60,63-74H,11-26,29-56,85-86H2,1-10H3,(H,91,99)(H,92,100)(H,95,101)(H,96,102)(H4,87,88,93)(H4,89,90,94). The quantitative estimate of drug-likeness (QED) is 0.0117. The minimum Gasteiger partial charge on any atom is -0.446 e. The summed E-state index contributed by atoms with van der Waals surface area (Å²) in [5.41, 5.74) is 38.8. The van der Waals surface area contributed by atoms with Gasteiger partial charge in [-0.1, -0.05) is 131 Å². The van der Waals surface area contributed by atoms with Crippen molar-refractivity contribution in [1.82, 2.24) is 31.1 Å². The smallest absolute Gasteiger partial charge is 0.407 e. The number of fused-ring (bicyclic) bond motifs is 10. The second-order valence-electron chi connectivity index (χ2n) is 36.5. The molecule has 18 atom stereocenters. The lowest BCUT2D eigenvalue weighted by atomic mass is 9.47. The van der Waals surface area contributed by atoms with E-state index in [-0.39, 0.29) is 59.0 Å². The number of guanidine groups is 2. The third-order valence-electron chi connectivity index (χ3n) is 28.6. The molecule has 8 rings (SSSR count). The highest BCUT2D eigenvalue weighted by Crippen LogP contribution is 2.69. The maximum Gasteiger partial charge on any atom is 0.407 e. The zero-order valence-electron chi connectivity index (χ0n) is 67.2. The number of ether oxygens (including phenoxy) is 2. The van der Waals surface area contributed by atoms with Crippen molar-refractivity contribution in [2.45, 2.75) is 299 Å². The van der Waals surface area contributed by atoms with Crippen molar-refractivity contribution < 1.29 is 28.7 Å². The van der Waals surface area contributed by atoms with Crippen LogP contribution in [0.15, 0.2) is 33.3 Å². The normalized spacial score (nSPS) is 31.0. The molecule has 0 heterocycles. The number of rotatable bonds is 43. The topological polar surface area (TPSA) is 322 Å². The molecule has 6 saturated carbocycles. The van der Waals surface area contributed by atoms with Crippen LogP contribution in [0.1, 0.15) is 275 Å². The molecule has 0 bridgehead atoms. The van der Waals surface area contributed by atoms with Crippen LogP contribution in [0, 0.1) is 92.7 Å². The van der Waals surface area contributed by atoms with Gasteiger partial charge < -0.3 is 74.9 Å². The van der Waals surface area contributed by atoms with Crippen LogP contribution in [-0.4, -0.2) is 149 Å². The van der Waals surface area contributed by atoms with Crippen molar-refractivity contribution in [3.63, 3.8) is 0 Å². The second kappa shape index (κ2) is 40.7. The van der Waals surface area contributed by atoms with Crippen molar-refractivity contribution >= 4 is 35.9 Å². The Morgan fingerprint density at radius 2 is 0.817 bits per heavy atom. The molecule has 18 unspecified atom stereocenters. The van der Waals surface area contributed by atoms with Gasteiger partial charge in [-0.3, -0.25) is 19.6 Å². The van der Waals surface area contributed by atoms with Crippen LogP contribution < -0.4 is 55.7 Å². The first kappa shape index (κ1) is 85.0. The van der Waals surface area contributed by atoms with E-state index in [0.717, 1.165) is 187 Å². The first-order valence-corrected chi connectivity index (χ1v) is 42.5. The first-order valence-electron chi connectivity index (χ1n) is 42.5. The Kier molecular flexibility index (Phi) is 33.2. The average molecular weight is 1450 g/mol. The fraction of sp³-hybridized carbons (Fsp3) is 0.881. The molecule has 4 amide bonds. The van der Waals surface area contributed by atoms with Gasteiger partial charge in [-0.2, -0.15) is 0 Å². The van der Waals surface area contributed by atoms with Crippen LogP contribution in [0.25, 0.3) is 0 Å². The summed E-state index contributed by atoms with van der Waals surface area (Å²) >= 11 is 0. The minimum atomic E-state index is -0.647. The maximum atomic E-state index is 13.6. The summed E-state index contributed by atoms with van der Waals surface area (Å²) in [5, 5.41) is 12.3. The average Bonchev–Trinajstić information content (AvgIpc) is 1.40. The van der Waals surface area contributed by atoms with Gasteiger partial charge in [0.2, 0.25) is 11.8 Å². The number of carbonyl (C=O) groups is 4. The van der Waals surface area contributed by atoms with E-state index in [0.29, 0.717) is 75.8 Å². The molecule has 0 saturated heterocycles. The zero-order chi connectivity index (χ0) is 75.2. The third-order valence-corrected chi connectivity index (χ3v) is 28.6. The molecule has 104 heavy (non-hydrogen) atoms. The summed E-state index contributed by atoms with van der Waals surface area (Å²) in [6.45, 7) is 32.6. The number of allylic oxidation sites excluding steroid dienone is 2. The number of hydrogen-bond acceptors (Lipinski definition) is 12. The Balaban J connectivity index is 0.801. The molecule has 0 aliphatic heterocycles. The molecule has 20 heteroatoms. The summed E-state index contributed by atoms with van der Waals surface area (Å²) in [6.07, 6.45) is 38.5. The SMILES string of the molecule is CC(C)CCCC(C)C1CCC2C3CC=C4CC(OC(=O)NCCCN(CCCCN(CCCNC(=O)OC5CCC6(C)C(=CCC7C6CCC6(C)C(C(C)CCCC(C)C)CCC76)C5)CCCNC(=O)C(N)CCCN=C(N)N)CCCNC(=O)C(N)CCCN=C(N)N)CCC4(C)C3CCC12C. The van der Waals surface area contributed by atoms with Crippen molar-refractivity contribution in [3.8, 4) is 0 Å². The van der Waals surface area contributed by atoms with E-state index in [1.54, 1.807) is 0 Å². The van der Waals surface area contributed by atoms with E-state index in [1.807, 2.05) is 0 Å². The number of nitrogens with zero attached hydrogens (tertiary/aromatic N) is 4. The summed E-state index contributed by atoms with van der Waals surface area (Å²) < 4.78 is 12.5. The Bertz CT molecular complexity index is 2620. The lowest BCUT2D eigenvalue weighted by molar-refractivity contribution is -0.123. The number of amides is 4. The fourth-order valence-corrected chi connectivity index (χ4v) is 22.8. The predicted octanol–water partition coefficient (Wildman–Crippen LogP) is 13.2. The third kappa shape index (κ3) is 23.4. The molecule has 8 aliphatic carbocycles. The van der Waals surface area contributed by atoms with Crippen molar-refractivity contribution in [1.29, 1.82) is 0 Å². The summed E-state index contributed by atoms with van der Waals surface area (Å²) in [7, 11) is 0. The maximum absolute atomic E-state index is 13.6. The molecule has 0 aromatic rings. The van der Waals surface area contributed by atoms with E-state index >= 15 is 0 Å². The van der Waals surface area contributed by atoms with Gasteiger partial charge in [-0.05, 0) is 286 Å². The highest BCUT2D eigenvalue weighted by atomic mass is 16.6. The molecule has 16 N–H and O–H groups in total. The number of nitrogens with one attached hydrogen (secondary N) is 4. The van der Waals surface area contributed by atoms with Gasteiger partial charge in [-0.15, -0.1) is 0 Å². The van der Waals surface area contributed by atoms with E-state index in [2.05, 4.69) is 122 Å². The summed E-state index contributed by atoms with van der Waals surface area (Å²) in [5.74, 6) is 9.16. The highest BCUT2D eigenvalue weighted by molar-refractivity contribution is 5.82. The minimum absolute atomic E-state index is 0.0245. The second-order valence-corrected chi connectivity index (χ2v) is 36.5. The monoisotopic (exact) mass is 1450 g/mol. The molecule has 20 nitrogen and oxygen atoms in total. The fourth-order valence-electron chi connectivity index (χ4n) is 22.8. The van der Waals surface area contributed by atoms with Gasteiger partial charge in [0.15, 0.2) is 11.9 Å². The molecule has 0 spiro atoms. The number of aliphatic imine (C=N–C) groups is 2. The van der Waals surface area contributed by atoms with Crippen LogP contribution in [0.3, 0.4) is 0 Å². The number of nitrogens with two attached hydrogens (primary N) is 6. The van der Waals surface area contributed by atoms with E-state index < -0.39 is 12.1 Å². The molecule has 0 aromatic carbocycles. The van der Waals surface area contributed by atoms with E-state index in [4.69, 9.17) is 43.9 Å². The van der Waals surface area contributed by atoms with Gasteiger partial charge in [0.1, 0.15) is 12.2 Å². The van der Waals surface area contributed by atoms with Gasteiger partial charge in [0, 0.05) is 52.1 Å². The molecule has 0 radical (unpaired) electrons. The van der Waals surface area contributed by atoms with Crippen molar-refractivity contribution in [2.75, 3.05) is 78.5 Å². The molecule has 8 aliphatic rings.